The molecule has 8 nitrogen and oxygen atoms in total. The highest BCUT2D eigenvalue weighted by Crippen LogP contribution is 2.35. The lowest BCUT2D eigenvalue weighted by atomic mass is 9.92. The number of rotatable bonds is 6. The maximum atomic E-state index is 13.1. The second kappa shape index (κ2) is 7.85. The Hall–Kier alpha value is -3.11. The molecule has 0 saturated carbocycles. The van der Waals surface area contributed by atoms with E-state index in [0.29, 0.717) is 11.3 Å². The largest absolute Gasteiger partial charge is 0.497 e. The van der Waals surface area contributed by atoms with Gasteiger partial charge < -0.3 is 10.1 Å². The highest BCUT2D eigenvalue weighted by atomic mass is 19.4. The first kappa shape index (κ1) is 19.2. The van der Waals surface area contributed by atoms with Gasteiger partial charge in [-0.1, -0.05) is 12.1 Å². The maximum absolute atomic E-state index is 13.1. The van der Waals surface area contributed by atoms with Crippen molar-refractivity contribution in [2.24, 2.45) is 10.4 Å². The van der Waals surface area contributed by atoms with E-state index in [1.165, 1.54) is 14.2 Å². The van der Waals surface area contributed by atoms with Crippen LogP contribution in [-0.4, -0.2) is 43.7 Å². The number of likely N-dealkylation sites (N-methyl/N-ethyl adjacent to an activating group) is 1. The van der Waals surface area contributed by atoms with Gasteiger partial charge in [0.25, 0.3) is 5.91 Å². The van der Waals surface area contributed by atoms with Crippen molar-refractivity contribution in [3.8, 4) is 5.75 Å². The number of methoxy groups -OCH3 is 1. The normalized spacial score (nSPS) is 17.9. The molecule has 0 saturated heterocycles. The predicted molar refractivity (Wildman–Crippen MR) is 84.3 cm³/mol. The molecule has 26 heavy (non-hydrogen) atoms. The van der Waals surface area contributed by atoms with E-state index in [1.807, 2.05) is 10.7 Å². The fraction of sp³-hybridized carbons (Fsp3) is 0.333. The number of hydrogen-bond acceptors (Lipinski definition) is 5. The summed E-state index contributed by atoms with van der Waals surface area (Å²) in [6.07, 6.45) is -4.81. The lowest BCUT2D eigenvalue weighted by molar-refractivity contribution is -0.161. The van der Waals surface area contributed by atoms with E-state index in [9.17, 15) is 22.8 Å². The van der Waals surface area contributed by atoms with Crippen LogP contribution in [0.1, 0.15) is 12.0 Å². The summed E-state index contributed by atoms with van der Waals surface area (Å²) >= 11 is 0. The minimum Gasteiger partial charge on any atom is -0.497 e. The van der Waals surface area contributed by atoms with E-state index in [1.54, 1.807) is 24.3 Å². The van der Waals surface area contributed by atoms with Crippen molar-refractivity contribution < 1.29 is 27.5 Å². The molecule has 0 aliphatic carbocycles. The molecule has 0 bridgehead atoms. The first-order valence-electron chi connectivity index (χ1n) is 7.36. The zero-order valence-corrected chi connectivity index (χ0v) is 13.9. The molecule has 11 heteroatoms. The molecular weight excluding hydrogens is 355 g/mol. The lowest BCUT2D eigenvalue weighted by Gasteiger charge is -2.31. The zero-order valence-electron chi connectivity index (χ0n) is 13.9. The minimum absolute atomic E-state index is 0.105. The summed E-state index contributed by atoms with van der Waals surface area (Å²) in [5, 5.41) is 9.79. The molecule has 2 amide bonds. The third kappa shape index (κ3) is 4.29. The van der Waals surface area contributed by atoms with Crippen LogP contribution in [0.5, 0.6) is 5.75 Å². The number of carbonyl (C=O) groups is 2. The summed E-state index contributed by atoms with van der Waals surface area (Å²) < 4.78 is 44.4. The Morgan fingerprint density at radius 3 is 2.54 bits per heavy atom. The number of carbonyl (C=O) groups excluding carboxylic acids is 2. The molecule has 1 unspecified atom stereocenters. The molecule has 0 radical (unpaired) electrons. The number of benzene rings is 1. The summed E-state index contributed by atoms with van der Waals surface area (Å²) in [5.41, 5.74) is 2.37. The molecule has 2 rings (SSSR count). The minimum atomic E-state index is -4.60. The summed E-state index contributed by atoms with van der Waals surface area (Å²) in [6, 6.07) is 4.23. The Labute approximate surface area is 146 Å². The molecule has 0 fully saturated rings. The number of nitrogens with zero attached hydrogens (tertiary/aromatic N) is 3. The first-order valence-corrected chi connectivity index (χ1v) is 7.36. The van der Waals surface area contributed by atoms with Gasteiger partial charge in [-0.15, -0.1) is 0 Å². The number of hydrogen-bond donors (Lipinski definition) is 2. The van der Waals surface area contributed by atoms with Crippen molar-refractivity contribution in [3.05, 3.63) is 35.5 Å². The number of halogens is 3. The van der Waals surface area contributed by atoms with Gasteiger partial charge >= 0.3 is 6.18 Å². The number of amides is 2. The SMILES string of the molecule is COc1ccc(C2=C(N(C)/N=N\NC=O)C(=O)NC(C(F)(F)F)C2)cc1. The number of ether oxygens (including phenoxy) is 1. The monoisotopic (exact) mass is 371 g/mol. The zero-order chi connectivity index (χ0) is 19.3. The van der Waals surface area contributed by atoms with E-state index >= 15 is 0 Å². The van der Waals surface area contributed by atoms with Gasteiger partial charge in [0.05, 0.1) is 7.11 Å². The van der Waals surface area contributed by atoms with Crippen LogP contribution in [0.15, 0.2) is 40.4 Å². The smallest absolute Gasteiger partial charge is 0.408 e. The van der Waals surface area contributed by atoms with Crippen LogP contribution >= 0.6 is 0 Å². The predicted octanol–water partition coefficient (Wildman–Crippen LogP) is 1.82. The van der Waals surface area contributed by atoms with E-state index in [-0.39, 0.29) is 17.7 Å². The van der Waals surface area contributed by atoms with Crippen molar-refractivity contribution in [1.29, 1.82) is 0 Å². The number of alkyl halides is 3. The van der Waals surface area contributed by atoms with Gasteiger partial charge in [0.2, 0.25) is 6.41 Å². The highest BCUT2D eigenvalue weighted by Gasteiger charge is 2.45. The number of nitrogens with one attached hydrogen (secondary N) is 2. The Balaban J connectivity index is 2.49. The van der Waals surface area contributed by atoms with Gasteiger partial charge in [-0.3, -0.25) is 9.59 Å². The third-order valence-electron chi connectivity index (χ3n) is 3.66. The standard InChI is InChI=1S/C15H16F3N5O3/c1-23(22-21-19-8-24)13-11(9-3-5-10(26-2)6-4-9)7-12(15(16,17)18)20-14(13)25/h3-6,8,12H,7H2,1-2H3,(H,20,25)(H,19,22,24). The third-order valence-corrected chi connectivity index (χ3v) is 3.66. The van der Waals surface area contributed by atoms with E-state index in [2.05, 4.69) is 10.4 Å². The first-order chi connectivity index (χ1) is 12.3. The second-order valence-electron chi connectivity index (χ2n) is 5.29. The molecule has 0 aromatic heterocycles. The van der Waals surface area contributed by atoms with Gasteiger partial charge in [-0.2, -0.15) is 13.2 Å². The van der Waals surface area contributed by atoms with Crippen LogP contribution in [0, 0.1) is 0 Å². The summed E-state index contributed by atoms with van der Waals surface area (Å²) in [4.78, 5) is 22.5. The summed E-state index contributed by atoms with van der Waals surface area (Å²) in [6.45, 7) is 0. The Bertz CT molecular complexity index is 731. The fourth-order valence-corrected chi connectivity index (χ4v) is 2.46. The summed E-state index contributed by atoms with van der Waals surface area (Å²) in [7, 11) is 2.80. The van der Waals surface area contributed by atoms with Crippen molar-refractivity contribution >= 4 is 17.9 Å². The maximum Gasteiger partial charge on any atom is 0.408 e. The van der Waals surface area contributed by atoms with Crippen LogP contribution in [-0.2, 0) is 9.59 Å². The molecule has 1 aliphatic heterocycles. The molecule has 1 atom stereocenters. The highest BCUT2D eigenvalue weighted by molar-refractivity contribution is 6.02. The van der Waals surface area contributed by atoms with Gasteiger partial charge in [0, 0.05) is 13.5 Å². The van der Waals surface area contributed by atoms with Crippen LogP contribution in [0.2, 0.25) is 0 Å². The van der Waals surface area contributed by atoms with Crippen LogP contribution in [0.3, 0.4) is 0 Å². The lowest BCUT2D eigenvalue weighted by Crippen LogP contribution is -2.50. The van der Waals surface area contributed by atoms with Crippen molar-refractivity contribution in [3.63, 3.8) is 0 Å². The second-order valence-corrected chi connectivity index (χ2v) is 5.29. The topological polar surface area (TPSA) is 95.4 Å². The average Bonchev–Trinajstić information content (AvgIpc) is 2.60. The molecule has 0 spiro atoms. The van der Waals surface area contributed by atoms with Gasteiger partial charge in [-0.25, -0.2) is 10.4 Å². The molecule has 2 N–H and O–H groups in total. The molecule has 1 aromatic carbocycles. The Morgan fingerprint density at radius 2 is 2.00 bits per heavy atom. The van der Waals surface area contributed by atoms with Crippen molar-refractivity contribution in [1.82, 2.24) is 15.8 Å². The van der Waals surface area contributed by atoms with Crippen LogP contribution in [0.25, 0.3) is 5.57 Å². The van der Waals surface area contributed by atoms with Gasteiger partial charge in [0.1, 0.15) is 17.5 Å². The fourth-order valence-electron chi connectivity index (χ4n) is 2.46. The van der Waals surface area contributed by atoms with Gasteiger partial charge in [0.15, 0.2) is 0 Å². The van der Waals surface area contributed by atoms with E-state index in [0.717, 1.165) is 5.01 Å². The van der Waals surface area contributed by atoms with Crippen LogP contribution < -0.4 is 15.5 Å². The molecule has 140 valence electrons. The average molecular weight is 371 g/mol. The van der Waals surface area contributed by atoms with Crippen molar-refractivity contribution in [2.45, 2.75) is 18.6 Å². The van der Waals surface area contributed by atoms with E-state index in [4.69, 9.17) is 4.74 Å². The van der Waals surface area contributed by atoms with Gasteiger partial charge in [-0.05, 0) is 33.7 Å². The molecular formula is C15H16F3N5O3. The quantitative estimate of drug-likeness (QED) is 0.453. The molecule has 1 aromatic rings. The summed E-state index contributed by atoms with van der Waals surface area (Å²) in [5.74, 6) is -0.427. The van der Waals surface area contributed by atoms with E-state index < -0.39 is 24.5 Å². The van der Waals surface area contributed by atoms with Crippen LogP contribution in [0.4, 0.5) is 13.2 Å². The van der Waals surface area contributed by atoms with Crippen molar-refractivity contribution in [2.75, 3.05) is 14.2 Å². The molecule has 1 heterocycles. The Morgan fingerprint density at radius 1 is 1.35 bits per heavy atom. The Kier molecular flexibility index (Phi) is 5.80. The molecule has 1 aliphatic rings.